The summed E-state index contributed by atoms with van der Waals surface area (Å²) in [6, 6.07) is 8.52. The lowest BCUT2D eigenvalue weighted by atomic mass is 10.1. The fraction of sp³-hybridized carbons (Fsp3) is 0.571. The molecule has 1 atom stereocenters. The number of fused-ring (bicyclic) bond motifs is 1. The average Bonchev–Trinajstić information content (AvgIpc) is 2.74. The molecule has 2 nitrogen and oxygen atoms in total. The van der Waals surface area contributed by atoms with Crippen LogP contribution in [0, 0.1) is 0 Å². The number of benzene rings is 1. The topological polar surface area (TPSA) is 24.1 Å². The highest BCUT2D eigenvalue weighted by Gasteiger charge is 2.25. The summed E-state index contributed by atoms with van der Waals surface area (Å²) in [5, 5.41) is 6.63. The molecule has 0 fully saturated rings. The Bertz CT molecular complexity index is 379. The number of anilines is 1. The largest absolute Gasteiger partial charge is 0.389 e. The third-order valence-electron chi connectivity index (χ3n) is 3.30. The maximum Gasteiger partial charge on any atom is 0.389 e. The first-order chi connectivity index (χ1) is 9.04. The third-order valence-corrected chi connectivity index (χ3v) is 3.30. The first-order valence-corrected chi connectivity index (χ1v) is 6.66. The molecule has 0 saturated heterocycles. The minimum Gasteiger partial charge on any atom is -0.380 e. The van der Waals surface area contributed by atoms with Crippen molar-refractivity contribution in [3.63, 3.8) is 0 Å². The van der Waals surface area contributed by atoms with Gasteiger partial charge in [0.1, 0.15) is 0 Å². The van der Waals surface area contributed by atoms with Gasteiger partial charge in [0.2, 0.25) is 0 Å². The summed E-state index contributed by atoms with van der Waals surface area (Å²) in [7, 11) is 0. The number of unbranched alkanes of at least 4 members (excludes halogenated alkanes) is 1. The smallest absolute Gasteiger partial charge is 0.380 e. The minimum absolute atomic E-state index is 0.203. The van der Waals surface area contributed by atoms with E-state index < -0.39 is 12.6 Å². The third kappa shape index (κ3) is 4.74. The molecule has 0 aromatic heterocycles. The second kappa shape index (κ2) is 6.28. The Hall–Kier alpha value is -1.23. The van der Waals surface area contributed by atoms with Crippen molar-refractivity contribution in [2.75, 3.05) is 18.4 Å². The van der Waals surface area contributed by atoms with E-state index in [1.54, 1.807) is 0 Å². The van der Waals surface area contributed by atoms with Gasteiger partial charge in [0.05, 0.1) is 0 Å². The van der Waals surface area contributed by atoms with Gasteiger partial charge >= 0.3 is 6.18 Å². The van der Waals surface area contributed by atoms with Gasteiger partial charge in [0.15, 0.2) is 0 Å². The van der Waals surface area contributed by atoms with Gasteiger partial charge in [-0.3, -0.25) is 0 Å². The van der Waals surface area contributed by atoms with Crippen LogP contribution in [0.25, 0.3) is 0 Å². The van der Waals surface area contributed by atoms with Crippen molar-refractivity contribution < 1.29 is 13.2 Å². The highest BCUT2D eigenvalue weighted by molar-refractivity contribution is 5.56. The van der Waals surface area contributed by atoms with Crippen LogP contribution in [0.2, 0.25) is 0 Å². The summed E-state index contributed by atoms with van der Waals surface area (Å²) in [5.74, 6) is 0. The summed E-state index contributed by atoms with van der Waals surface area (Å²) in [6.45, 7) is 1.44. The SMILES string of the molecule is FC(F)(F)CCCCNCC1Cc2ccccc2N1. The molecule has 1 aliphatic heterocycles. The molecule has 106 valence electrons. The summed E-state index contributed by atoms with van der Waals surface area (Å²) in [4.78, 5) is 0. The van der Waals surface area contributed by atoms with Gasteiger partial charge < -0.3 is 10.6 Å². The molecule has 5 heteroatoms. The maximum absolute atomic E-state index is 11.9. The van der Waals surface area contributed by atoms with Crippen LogP contribution in [-0.4, -0.2) is 25.3 Å². The molecule has 2 N–H and O–H groups in total. The van der Waals surface area contributed by atoms with Gasteiger partial charge in [-0.1, -0.05) is 18.2 Å². The van der Waals surface area contributed by atoms with Gasteiger partial charge in [-0.05, 0) is 37.4 Å². The molecule has 0 radical (unpaired) electrons. The van der Waals surface area contributed by atoms with Gasteiger partial charge in [0, 0.05) is 24.7 Å². The lowest BCUT2D eigenvalue weighted by Crippen LogP contribution is -2.31. The van der Waals surface area contributed by atoms with Crippen molar-refractivity contribution >= 4 is 5.69 Å². The van der Waals surface area contributed by atoms with E-state index in [1.165, 1.54) is 11.3 Å². The zero-order valence-electron chi connectivity index (χ0n) is 10.8. The molecule has 1 aromatic carbocycles. The van der Waals surface area contributed by atoms with Crippen LogP contribution in [-0.2, 0) is 6.42 Å². The Kier molecular flexibility index (Phi) is 4.69. The van der Waals surface area contributed by atoms with Crippen LogP contribution < -0.4 is 10.6 Å². The Morgan fingerprint density at radius 3 is 2.74 bits per heavy atom. The molecule has 1 aliphatic rings. The Balaban J connectivity index is 1.56. The summed E-state index contributed by atoms with van der Waals surface area (Å²) in [6.07, 6.45) is -2.95. The predicted molar refractivity (Wildman–Crippen MR) is 70.3 cm³/mol. The van der Waals surface area contributed by atoms with E-state index in [9.17, 15) is 13.2 Å². The van der Waals surface area contributed by atoms with Crippen LogP contribution >= 0.6 is 0 Å². The van der Waals surface area contributed by atoms with Gasteiger partial charge in [-0.25, -0.2) is 0 Å². The van der Waals surface area contributed by atoms with Crippen molar-refractivity contribution in [1.29, 1.82) is 0 Å². The first-order valence-electron chi connectivity index (χ1n) is 6.66. The maximum atomic E-state index is 11.9. The monoisotopic (exact) mass is 272 g/mol. The van der Waals surface area contributed by atoms with Crippen molar-refractivity contribution in [2.24, 2.45) is 0 Å². The van der Waals surface area contributed by atoms with E-state index in [1.807, 2.05) is 12.1 Å². The van der Waals surface area contributed by atoms with Gasteiger partial charge in [-0.2, -0.15) is 13.2 Å². The van der Waals surface area contributed by atoms with Gasteiger partial charge in [0.25, 0.3) is 0 Å². The van der Waals surface area contributed by atoms with E-state index >= 15 is 0 Å². The zero-order chi connectivity index (χ0) is 13.7. The molecule has 0 aliphatic carbocycles. The number of halogens is 3. The van der Waals surface area contributed by atoms with Crippen LogP contribution in [0.15, 0.2) is 24.3 Å². The number of para-hydroxylation sites is 1. The summed E-state index contributed by atoms with van der Waals surface area (Å²) < 4.78 is 35.8. The predicted octanol–water partition coefficient (Wildman–Crippen LogP) is 3.35. The van der Waals surface area contributed by atoms with Crippen molar-refractivity contribution in [3.05, 3.63) is 29.8 Å². The molecule has 1 heterocycles. The number of nitrogens with one attached hydrogen (secondary N) is 2. The quantitative estimate of drug-likeness (QED) is 0.776. The van der Waals surface area contributed by atoms with E-state index in [0.29, 0.717) is 19.0 Å². The van der Waals surface area contributed by atoms with Crippen LogP contribution in [0.1, 0.15) is 24.8 Å². The van der Waals surface area contributed by atoms with E-state index in [2.05, 4.69) is 22.8 Å². The Morgan fingerprint density at radius 1 is 1.21 bits per heavy atom. The molecule has 1 aromatic rings. The number of rotatable bonds is 6. The van der Waals surface area contributed by atoms with E-state index in [0.717, 1.165) is 13.0 Å². The van der Waals surface area contributed by atoms with Crippen LogP contribution in [0.4, 0.5) is 18.9 Å². The number of alkyl halides is 3. The molecule has 0 amide bonds. The summed E-state index contributed by atoms with van der Waals surface area (Å²) >= 11 is 0. The number of hydrogen-bond donors (Lipinski definition) is 2. The zero-order valence-corrected chi connectivity index (χ0v) is 10.8. The van der Waals surface area contributed by atoms with Gasteiger partial charge in [-0.15, -0.1) is 0 Å². The lowest BCUT2D eigenvalue weighted by Gasteiger charge is -2.12. The average molecular weight is 272 g/mol. The normalized spacial score (nSPS) is 18.2. The van der Waals surface area contributed by atoms with E-state index in [-0.39, 0.29) is 6.42 Å². The molecule has 0 spiro atoms. The molecular formula is C14H19F3N2. The van der Waals surface area contributed by atoms with Crippen molar-refractivity contribution in [3.8, 4) is 0 Å². The lowest BCUT2D eigenvalue weighted by molar-refractivity contribution is -0.135. The van der Waals surface area contributed by atoms with E-state index in [4.69, 9.17) is 0 Å². The summed E-state index contributed by atoms with van der Waals surface area (Å²) in [5.41, 5.74) is 2.48. The minimum atomic E-state index is -4.02. The second-order valence-corrected chi connectivity index (χ2v) is 4.98. The fourth-order valence-corrected chi connectivity index (χ4v) is 2.35. The molecule has 2 rings (SSSR count). The van der Waals surface area contributed by atoms with Crippen LogP contribution in [0.5, 0.6) is 0 Å². The molecule has 1 unspecified atom stereocenters. The Labute approximate surface area is 111 Å². The molecular weight excluding hydrogens is 253 g/mol. The van der Waals surface area contributed by atoms with Crippen LogP contribution in [0.3, 0.4) is 0 Å². The number of hydrogen-bond acceptors (Lipinski definition) is 2. The van der Waals surface area contributed by atoms with Crippen molar-refractivity contribution in [2.45, 2.75) is 37.9 Å². The molecule has 19 heavy (non-hydrogen) atoms. The standard InChI is InChI=1S/C14H19F3N2/c15-14(16,17)7-3-4-8-18-10-12-9-11-5-1-2-6-13(11)19-12/h1-2,5-6,12,18-19H,3-4,7-10H2. The molecule has 0 bridgehead atoms. The first kappa shape index (κ1) is 14.2. The Morgan fingerprint density at radius 2 is 2.00 bits per heavy atom. The highest BCUT2D eigenvalue weighted by atomic mass is 19.4. The fourth-order valence-electron chi connectivity index (χ4n) is 2.35. The molecule has 0 saturated carbocycles. The highest BCUT2D eigenvalue weighted by Crippen LogP contribution is 2.24. The van der Waals surface area contributed by atoms with Crippen molar-refractivity contribution in [1.82, 2.24) is 5.32 Å². The second-order valence-electron chi connectivity index (χ2n) is 4.98.